The fourth-order valence-electron chi connectivity index (χ4n) is 1.57. The van der Waals surface area contributed by atoms with Crippen molar-refractivity contribution in [3.63, 3.8) is 0 Å². The summed E-state index contributed by atoms with van der Waals surface area (Å²) in [6.07, 6.45) is 2.09. The van der Waals surface area contributed by atoms with Crippen LogP contribution in [-0.4, -0.2) is 36.4 Å². The lowest BCUT2D eigenvalue weighted by atomic mass is 10.1. The van der Waals surface area contributed by atoms with Gasteiger partial charge in [0.25, 0.3) is 5.91 Å². The molecule has 0 unspecified atom stereocenters. The number of thioether (sulfide) groups is 1. The maximum Gasteiger partial charge on any atom is 0.265 e. The van der Waals surface area contributed by atoms with E-state index in [0.29, 0.717) is 5.56 Å². The van der Waals surface area contributed by atoms with Crippen molar-refractivity contribution in [2.24, 2.45) is 5.84 Å². The maximum absolute atomic E-state index is 11.6. The number of rotatable bonds is 6. The monoisotopic (exact) mass is 253 g/mol. The van der Waals surface area contributed by atoms with E-state index in [1.165, 1.54) is 0 Å². The van der Waals surface area contributed by atoms with Gasteiger partial charge >= 0.3 is 0 Å². The molecule has 0 aromatic heterocycles. The van der Waals surface area contributed by atoms with E-state index in [-0.39, 0.29) is 5.91 Å². The molecule has 0 bridgehead atoms. The Labute approximate surface area is 107 Å². The van der Waals surface area contributed by atoms with Crippen LogP contribution >= 0.6 is 11.8 Å². The Morgan fingerprint density at radius 2 is 2.18 bits per heavy atom. The molecule has 3 N–H and O–H groups in total. The van der Waals surface area contributed by atoms with Crippen molar-refractivity contribution in [3.05, 3.63) is 35.4 Å². The first-order chi connectivity index (χ1) is 8.19. The van der Waals surface area contributed by atoms with Crippen LogP contribution in [0.4, 0.5) is 0 Å². The molecular weight excluding hydrogens is 234 g/mol. The number of carbonyl (C=O) groups is 1. The second kappa shape index (κ2) is 7.32. The third kappa shape index (κ3) is 4.38. The van der Waals surface area contributed by atoms with Gasteiger partial charge in [0.05, 0.1) is 0 Å². The van der Waals surface area contributed by atoms with Crippen molar-refractivity contribution in [3.8, 4) is 0 Å². The van der Waals surface area contributed by atoms with E-state index >= 15 is 0 Å². The summed E-state index contributed by atoms with van der Waals surface area (Å²) in [5.74, 6) is 6.02. The quantitative estimate of drug-likeness (QED) is 0.452. The van der Waals surface area contributed by atoms with E-state index in [1.54, 1.807) is 6.07 Å². The number of amides is 1. The van der Waals surface area contributed by atoms with Gasteiger partial charge in [-0.2, -0.15) is 11.8 Å². The SMILES string of the molecule is CSCCN(C)Cc1ccccc1C(=O)NN. The van der Waals surface area contributed by atoms with Crippen LogP contribution < -0.4 is 11.3 Å². The minimum Gasteiger partial charge on any atom is -0.301 e. The molecule has 0 aliphatic rings. The largest absolute Gasteiger partial charge is 0.301 e. The van der Waals surface area contributed by atoms with Gasteiger partial charge in [0, 0.05) is 24.4 Å². The third-order valence-electron chi connectivity index (χ3n) is 2.51. The Morgan fingerprint density at radius 1 is 1.47 bits per heavy atom. The van der Waals surface area contributed by atoms with Crippen molar-refractivity contribution in [2.75, 3.05) is 25.6 Å². The lowest BCUT2D eigenvalue weighted by Crippen LogP contribution is -2.31. The van der Waals surface area contributed by atoms with Gasteiger partial charge in [-0.05, 0) is 24.9 Å². The van der Waals surface area contributed by atoms with Gasteiger partial charge in [-0.15, -0.1) is 0 Å². The summed E-state index contributed by atoms with van der Waals surface area (Å²) in [5.41, 5.74) is 3.82. The Morgan fingerprint density at radius 3 is 2.82 bits per heavy atom. The number of hydrazine groups is 1. The van der Waals surface area contributed by atoms with Crippen LogP contribution in [0.1, 0.15) is 15.9 Å². The summed E-state index contributed by atoms with van der Waals surface area (Å²) < 4.78 is 0. The van der Waals surface area contributed by atoms with E-state index in [9.17, 15) is 4.79 Å². The molecule has 1 aromatic rings. The van der Waals surface area contributed by atoms with Gasteiger partial charge in [-0.1, -0.05) is 18.2 Å². The predicted molar refractivity (Wildman–Crippen MR) is 72.8 cm³/mol. The molecule has 1 rings (SSSR count). The van der Waals surface area contributed by atoms with Crippen LogP contribution in [0.2, 0.25) is 0 Å². The number of nitrogen functional groups attached to an aromatic ring is 1. The van der Waals surface area contributed by atoms with E-state index in [2.05, 4.69) is 16.6 Å². The number of nitrogens with zero attached hydrogens (tertiary/aromatic N) is 1. The van der Waals surface area contributed by atoms with E-state index in [4.69, 9.17) is 5.84 Å². The van der Waals surface area contributed by atoms with Crippen LogP contribution in [0.15, 0.2) is 24.3 Å². The molecule has 0 spiro atoms. The summed E-state index contributed by atoms with van der Waals surface area (Å²) in [5, 5.41) is 0. The Kier molecular flexibility index (Phi) is 6.04. The zero-order valence-electron chi connectivity index (χ0n) is 10.3. The Hall–Kier alpha value is -1.04. The molecule has 0 atom stereocenters. The summed E-state index contributed by atoms with van der Waals surface area (Å²) in [4.78, 5) is 13.8. The summed E-state index contributed by atoms with van der Waals surface area (Å²) in [7, 11) is 2.05. The topological polar surface area (TPSA) is 58.4 Å². The standard InChI is InChI=1S/C12H19N3OS/c1-15(7-8-17-2)9-10-5-3-4-6-11(10)12(16)14-13/h3-6H,7-9,13H2,1-2H3,(H,14,16). The predicted octanol–water partition coefficient (Wildman–Crippen LogP) is 1.08. The van der Waals surface area contributed by atoms with Crippen LogP contribution in [0.3, 0.4) is 0 Å². The Balaban J connectivity index is 2.73. The van der Waals surface area contributed by atoms with Crippen molar-refractivity contribution >= 4 is 17.7 Å². The average Bonchev–Trinajstić information content (AvgIpc) is 2.36. The highest BCUT2D eigenvalue weighted by Crippen LogP contribution is 2.11. The van der Waals surface area contributed by atoms with E-state index in [0.717, 1.165) is 24.4 Å². The molecule has 0 fully saturated rings. The molecule has 0 saturated carbocycles. The zero-order valence-corrected chi connectivity index (χ0v) is 11.1. The van der Waals surface area contributed by atoms with Crippen LogP contribution in [0.25, 0.3) is 0 Å². The summed E-state index contributed by atoms with van der Waals surface area (Å²) >= 11 is 1.81. The minimum absolute atomic E-state index is 0.237. The second-order valence-electron chi connectivity index (χ2n) is 3.86. The number of hydrogen-bond donors (Lipinski definition) is 2. The lowest BCUT2D eigenvalue weighted by molar-refractivity contribution is 0.0952. The molecular formula is C12H19N3OS. The van der Waals surface area contributed by atoms with Gasteiger partial charge in [0.1, 0.15) is 0 Å². The zero-order chi connectivity index (χ0) is 12.7. The first-order valence-electron chi connectivity index (χ1n) is 5.45. The first-order valence-corrected chi connectivity index (χ1v) is 6.84. The molecule has 0 heterocycles. The molecule has 17 heavy (non-hydrogen) atoms. The second-order valence-corrected chi connectivity index (χ2v) is 4.85. The van der Waals surface area contributed by atoms with E-state index < -0.39 is 0 Å². The van der Waals surface area contributed by atoms with Gasteiger partial charge in [-0.25, -0.2) is 5.84 Å². The normalized spacial score (nSPS) is 10.6. The van der Waals surface area contributed by atoms with Crippen molar-refractivity contribution in [2.45, 2.75) is 6.54 Å². The fourth-order valence-corrected chi connectivity index (χ4v) is 2.07. The van der Waals surface area contributed by atoms with Crippen LogP contribution in [0.5, 0.6) is 0 Å². The molecule has 0 aliphatic carbocycles. The van der Waals surface area contributed by atoms with Crippen LogP contribution in [-0.2, 0) is 6.54 Å². The number of benzene rings is 1. The number of hydrogen-bond acceptors (Lipinski definition) is 4. The molecule has 0 aliphatic heterocycles. The van der Waals surface area contributed by atoms with Crippen LogP contribution in [0, 0.1) is 0 Å². The fraction of sp³-hybridized carbons (Fsp3) is 0.417. The highest BCUT2D eigenvalue weighted by Gasteiger charge is 2.10. The maximum atomic E-state index is 11.6. The minimum atomic E-state index is -0.237. The number of carbonyl (C=O) groups excluding carboxylic acids is 1. The average molecular weight is 253 g/mol. The summed E-state index contributed by atoms with van der Waals surface area (Å²) in [6, 6.07) is 7.53. The molecule has 0 radical (unpaired) electrons. The lowest BCUT2D eigenvalue weighted by Gasteiger charge is -2.17. The smallest absolute Gasteiger partial charge is 0.265 e. The van der Waals surface area contributed by atoms with Gasteiger partial charge in [0.15, 0.2) is 0 Å². The van der Waals surface area contributed by atoms with Crippen molar-refractivity contribution < 1.29 is 4.79 Å². The highest BCUT2D eigenvalue weighted by molar-refractivity contribution is 7.98. The molecule has 4 nitrogen and oxygen atoms in total. The Bertz CT molecular complexity index is 371. The molecule has 94 valence electrons. The van der Waals surface area contributed by atoms with Gasteiger partial charge in [-0.3, -0.25) is 10.2 Å². The highest BCUT2D eigenvalue weighted by atomic mass is 32.2. The summed E-state index contributed by atoms with van der Waals surface area (Å²) in [6.45, 7) is 1.75. The van der Waals surface area contributed by atoms with Gasteiger partial charge < -0.3 is 4.90 Å². The number of nitrogens with one attached hydrogen (secondary N) is 1. The van der Waals surface area contributed by atoms with Gasteiger partial charge in [0.2, 0.25) is 0 Å². The van der Waals surface area contributed by atoms with Crippen molar-refractivity contribution in [1.29, 1.82) is 0 Å². The molecule has 1 aromatic carbocycles. The molecule has 0 saturated heterocycles. The van der Waals surface area contributed by atoms with Crippen molar-refractivity contribution in [1.82, 2.24) is 10.3 Å². The third-order valence-corrected chi connectivity index (χ3v) is 3.10. The molecule has 5 heteroatoms. The first kappa shape index (κ1) is 14.0. The van der Waals surface area contributed by atoms with E-state index in [1.807, 2.05) is 37.0 Å². The molecule has 1 amide bonds. The number of nitrogens with two attached hydrogens (primary N) is 1.